The summed E-state index contributed by atoms with van der Waals surface area (Å²) in [4.78, 5) is 37.9. The molecule has 2 aliphatic rings. The topological polar surface area (TPSA) is 125 Å². The van der Waals surface area contributed by atoms with Crippen molar-refractivity contribution < 1.29 is 34.1 Å². The second-order valence-corrected chi connectivity index (χ2v) is 8.60. The van der Waals surface area contributed by atoms with Gasteiger partial charge in [0.05, 0.1) is 18.7 Å². The standard InChI is InChI=1S/C22H30N2O7/c1-13(23-15(20(26)27)10-9-14-7-5-4-6-8-14)19(25)24-12-18-17(11-16(24)21(28)29)30-22(2,3)31-18/h4-8,13,15-18,23H,9-12H2,1-3H3,(H,26,27)(H,28,29)/t13-,15?,16?,17?,18?/m0/s1. The van der Waals surface area contributed by atoms with Crippen molar-refractivity contribution in [2.24, 2.45) is 0 Å². The van der Waals surface area contributed by atoms with Crippen LogP contribution in [0.5, 0.6) is 0 Å². The second kappa shape index (κ2) is 9.33. The number of likely N-dealkylation sites (tertiary alicyclic amines) is 1. The smallest absolute Gasteiger partial charge is 0.326 e. The minimum atomic E-state index is -1.12. The molecular weight excluding hydrogens is 404 g/mol. The molecule has 0 aromatic heterocycles. The lowest BCUT2D eigenvalue weighted by atomic mass is 9.96. The lowest BCUT2D eigenvalue weighted by Gasteiger charge is -2.39. The van der Waals surface area contributed by atoms with E-state index in [-0.39, 0.29) is 13.0 Å². The molecule has 9 heteroatoms. The highest BCUT2D eigenvalue weighted by molar-refractivity contribution is 5.87. The summed E-state index contributed by atoms with van der Waals surface area (Å²) in [5, 5.41) is 22.1. The predicted molar refractivity (Wildman–Crippen MR) is 110 cm³/mol. The summed E-state index contributed by atoms with van der Waals surface area (Å²) in [5.74, 6) is -3.48. The van der Waals surface area contributed by atoms with E-state index in [9.17, 15) is 24.6 Å². The van der Waals surface area contributed by atoms with Gasteiger partial charge in [0, 0.05) is 6.42 Å². The maximum Gasteiger partial charge on any atom is 0.326 e. The van der Waals surface area contributed by atoms with E-state index in [0.29, 0.717) is 12.8 Å². The maximum absolute atomic E-state index is 13.1. The summed E-state index contributed by atoms with van der Waals surface area (Å²) in [6.45, 7) is 5.14. The number of hydrogen-bond donors (Lipinski definition) is 3. The van der Waals surface area contributed by atoms with Crippen LogP contribution < -0.4 is 5.32 Å². The van der Waals surface area contributed by atoms with Gasteiger partial charge >= 0.3 is 11.9 Å². The van der Waals surface area contributed by atoms with Crippen LogP contribution in [0.2, 0.25) is 0 Å². The van der Waals surface area contributed by atoms with Crippen LogP contribution in [-0.4, -0.2) is 75.6 Å². The normalized spacial score (nSPS) is 26.7. The van der Waals surface area contributed by atoms with Gasteiger partial charge in [-0.05, 0) is 39.2 Å². The zero-order chi connectivity index (χ0) is 22.8. The van der Waals surface area contributed by atoms with Crippen molar-refractivity contribution in [1.29, 1.82) is 0 Å². The highest BCUT2D eigenvalue weighted by atomic mass is 16.8. The number of carbonyl (C=O) groups is 3. The van der Waals surface area contributed by atoms with Gasteiger partial charge in [0.15, 0.2) is 5.79 Å². The number of carbonyl (C=O) groups excluding carboxylic acids is 1. The summed E-state index contributed by atoms with van der Waals surface area (Å²) in [6.07, 6.45) is 0.140. The van der Waals surface area contributed by atoms with Crippen molar-refractivity contribution in [3.63, 3.8) is 0 Å². The molecule has 3 N–H and O–H groups in total. The summed E-state index contributed by atoms with van der Waals surface area (Å²) in [7, 11) is 0. The molecule has 170 valence electrons. The summed E-state index contributed by atoms with van der Waals surface area (Å²) >= 11 is 0. The first-order valence-corrected chi connectivity index (χ1v) is 10.5. The lowest BCUT2D eigenvalue weighted by molar-refractivity contribution is -0.157. The molecule has 0 aliphatic carbocycles. The summed E-state index contributed by atoms with van der Waals surface area (Å²) in [6, 6.07) is 6.63. The van der Waals surface area contributed by atoms with E-state index in [1.807, 2.05) is 30.3 Å². The Morgan fingerprint density at radius 1 is 1.16 bits per heavy atom. The first-order chi connectivity index (χ1) is 14.6. The van der Waals surface area contributed by atoms with Gasteiger partial charge in [-0.3, -0.25) is 14.9 Å². The number of rotatable bonds is 8. The van der Waals surface area contributed by atoms with Crippen LogP contribution in [-0.2, 0) is 30.3 Å². The number of amides is 1. The molecular formula is C22H30N2O7. The molecule has 0 saturated carbocycles. The molecule has 4 unspecified atom stereocenters. The Morgan fingerprint density at radius 3 is 2.42 bits per heavy atom. The van der Waals surface area contributed by atoms with Gasteiger partial charge in [0.25, 0.3) is 0 Å². The average molecular weight is 434 g/mol. The van der Waals surface area contributed by atoms with Gasteiger partial charge in [-0.25, -0.2) is 4.79 Å². The number of carboxylic acid groups (broad SMARTS) is 2. The number of carboxylic acids is 2. The quantitative estimate of drug-likeness (QED) is 0.558. The zero-order valence-electron chi connectivity index (χ0n) is 18.0. The molecule has 3 rings (SSSR count). The number of nitrogens with one attached hydrogen (secondary N) is 1. The largest absolute Gasteiger partial charge is 0.480 e. The Bertz CT molecular complexity index is 813. The van der Waals surface area contributed by atoms with Crippen molar-refractivity contribution >= 4 is 17.8 Å². The SMILES string of the molecule is C[C@H](NC(CCc1ccccc1)C(=O)O)C(=O)N1CC2OC(C)(C)OC2CC1C(=O)O. The van der Waals surface area contributed by atoms with Crippen LogP contribution in [0.3, 0.4) is 0 Å². The Morgan fingerprint density at radius 2 is 1.81 bits per heavy atom. The Labute approximate surface area is 181 Å². The van der Waals surface area contributed by atoms with Gasteiger partial charge < -0.3 is 24.6 Å². The van der Waals surface area contributed by atoms with Crippen molar-refractivity contribution in [1.82, 2.24) is 10.2 Å². The van der Waals surface area contributed by atoms with E-state index in [0.717, 1.165) is 5.56 Å². The van der Waals surface area contributed by atoms with E-state index in [1.54, 1.807) is 20.8 Å². The third kappa shape index (κ3) is 5.61. The maximum atomic E-state index is 13.1. The van der Waals surface area contributed by atoms with E-state index < -0.39 is 54.0 Å². The van der Waals surface area contributed by atoms with E-state index in [1.165, 1.54) is 4.90 Å². The lowest BCUT2D eigenvalue weighted by Crippen LogP contribution is -2.60. The van der Waals surface area contributed by atoms with E-state index in [4.69, 9.17) is 9.47 Å². The second-order valence-electron chi connectivity index (χ2n) is 8.60. The molecule has 9 nitrogen and oxygen atoms in total. The van der Waals surface area contributed by atoms with Crippen molar-refractivity contribution in [3.05, 3.63) is 35.9 Å². The first kappa shape index (κ1) is 23.2. The van der Waals surface area contributed by atoms with Crippen molar-refractivity contribution in [3.8, 4) is 0 Å². The number of fused-ring (bicyclic) bond motifs is 1. The van der Waals surface area contributed by atoms with Crippen LogP contribution >= 0.6 is 0 Å². The molecule has 2 aliphatic heterocycles. The summed E-state index contributed by atoms with van der Waals surface area (Å²) < 4.78 is 11.6. The van der Waals surface area contributed by atoms with Crippen LogP contribution in [0.1, 0.15) is 39.2 Å². The molecule has 5 atom stereocenters. The number of aliphatic carboxylic acids is 2. The monoisotopic (exact) mass is 434 g/mol. The zero-order valence-corrected chi connectivity index (χ0v) is 18.0. The Balaban J connectivity index is 1.66. The molecule has 2 heterocycles. The van der Waals surface area contributed by atoms with E-state index >= 15 is 0 Å². The van der Waals surface area contributed by atoms with Crippen LogP contribution in [0.15, 0.2) is 30.3 Å². The molecule has 31 heavy (non-hydrogen) atoms. The van der Waals surface area contributed by atoms with Crippen molar-refractivity contribution in [2.75, 3.05) is 6.54 Å². The predicted octanol–water partition coefficient (Wildman–Crippen LogP) is 1.26. The molecule has 1 amide bonds. The van der Waals surface area contributed by atoms with Crippen molar-refractivity contribution in [2.45, 2.75) is 76.2 Å². The number of hydrogen-bond acceptors (Lipinski definition) is 6. The fraction of sp³-hybridized carbons (Fsp3) is 0.591. The number of ether oxygens (including phenoxy) is 2. The van der Waals surface area contributed by atoms with Gasteiger partial charge in [0.1, 0.15) is 18.2 Å². The molecule has 0 radical (unpaired) electrons. The fourth-order valence-corrected chi connectivity index (χ4v) is 4.27. The van der Waals surface area contributed by atoms with Crippen LogP contribution in [0.4, 0.5) is 0 Å². The molecule has 2 fully saturated rings. The Kier molecular flexibility index (Phi) is 6.98. The number of benzene rings is 1. The van der Waals surface area contributed by atoms with Gasteiger partial charge in [-0.2, -0.15) is 0 Å². The number of nitrogens with zero attached hydrogens (tertiary/aromatic N) is 1. The molecule has 1 aromatic carbocycles. The van der Waals surface area contributed by atoms with Gasteiger partial charge in [0.2, 0.25) is 5.91 Å². The number of aryl methyl sites for hydroxylation is 1. The van der Waals surface area contributed by atoms with Crippen LogP contribution in [0, 0.1) is 0 Å². The highest BCUT2D eigenvalue weighted by Crippen LogP contribution is 2.35. The molecule has 1 aromatic rings. The molecule has 0 bridgehead atoms. The van der Waals surface area contributed by atoms with Gasteiger partial charge in [-0.15, -0.1) is 0 Å². The summed E-state index contributed by atoms with van der Waals surface area (Å²) in [5.41, 5.74) is 1.00. The average Bonchev–Trinajstić information content (AvgIpc) is 3.02. The Hall–Kier alpha value is -2.49. The highest BCUT2D eigenvalue weighted by Gasteiger charge is 2.50. The molecule has 0 spiro atoms. The molecule has 2 saturated heterocycles. The third-order valence-corrected chi connectivity index (χ3v) is 5.75. The number of piperidine rings is 1. The van der Waals surface area contributed by atoms with E-state index in [2.05, 4.69) is 5.32 Å². The van der Waals surface area contributed by atoms with Crippen LogP contribution in [0.25, 0.3) is 0 Å². The minimum absolute atomic E-state index is 0.0810. The van der Waals surface area contributed by atoms with Gasteiger partial charge in [-0.1, -0.05) is 30.3 Å². The third-order valence-electron chi connectivity index (χ3n) is 5.75. The first-order valence-electron chi connectivity index (χ1n) is 10.5. The fourth-order valence-electron chi connectivity index (χ4n) is 4.27. The minimum Gasteiger partial charge on any atom is -0.480 e.